The SMILES string of the molecule is C[C@H](O)[C@@H](C)SCc1csc(-c2ccccn2)n1. The first-order valence-electron chi connectivity index (χ1n) is 5.82. The van der Waals surface area contributed by atoms with Crippen molar-refractivity contribution in [2.24, 2.45) is 0 Å². The zero-order chi connectivity index (χ0) is 13.0. The summed E-state index contributed by atoms with van der Waals surface area (Å²) in [6, 6.07) is 5.83. The molecule has 2 heterocycles. The van der Waals surface area contributed by atoms with Gasteiger partial charge >= 0.3 is 0 Å². The predicted octanol–water partition coefficient (Wildman–Crippen LogP) is 3.21. The molecule has 96 valence electrons. The summed E-state index contributed by atoms with van der Waals surface area (Å²) in [4.78, 5) is 8.85. The lowest BCUT2D eigenvalue weighted by Gasteiger charge is -2.12. The van der Waals surface area contributed by atoms with Gasteiger partial charge in [-0.2, -0.15) is 0 Å². The van der Waals surface area contributed by atoms with Crippen molar-refractivity contribution in [3.8, 4) is 10.7 Å². The molecule has 0 saturated heterocycles. The zero-order valence-corrected chi connectivity index (χ0v) is 12.0. The molecule has 2 atom stereocenters. The van der Waals surface area contributed by atoms with Crippen molar-refractivity contribution in [1.29, 1.82) is 0 Å². The van der Waals surface area contributed by atoms with Gasteiger partial charge in [0.1, 0.15) is 5.01 Å². The highest BCUT2D eigenvalue weighted by atomic mass is 32.2. The van der Waals surface area contributed by atoms with Crippen LogP contribution in [0.25, 0.3) is 10.7 Å². The summed E-state index contributed by atoms with van der Waals surface area (Å²) in [6.07, 6.45) is 1.49. The summed E-state index contributed by atoms with van der Waals surface area (Å²) < 4.78 is 0. The quantitative estimate of drug-likeness (QED) is 0.913. The number of nitrogens with zero attached hydrogens (tertiary/aromatic N) is 2. The van der Waals surface area contributed by atoms with Crippen molar-refractivity contribution >= 4 is 23.1 Å². The molecule has 0 amide bonds. The van der Waals surface area contributed by atoms with Crippen molar-refractivity contribution in [3.63, 3.8) is 0 Å². The van der Waals surface area contributed by atoms with E-state index in [2.05, 4.69) is 15.3 Å². The summed E-state index contributed by atoms with van der Waals surface area (Å²) in [6.45, 7) is 3.85. The van der Waals surface area contributed by atoms with Gasteiger partial charge in [-0.3, -0.25) is 4.98 Å². The van der Waals surface area contributed by atoms with Gasteiger partial charge in [-0.25, -0.2) is 4.98 Å². The van der Waals surface area contributed by atoms with Crippen LogP contribution >= 0.6 is 23.1 Å². The summed E-state index contributed by atoms with van der Waals surface area (Å²) in [5, 5.41) is 12.7. The number of aliphatic hydroxyl groups is 1. The third-order valence-corrected chi connectivity index (χ3v) is 4.90. The molecule has 0 saturated carbocycles. The summed E-state index contributed by atoms with van der Waals surface area (Å²) in [7, 11) is 0. The van der Waals surface area contributed by atoms with E-state index >= 15 is 0 Å². The van der Waals surface area contributed by atoms with Gasteiger partial charge in [-0.05, 0) is 19.1 Å². The normalized spacial score (nSPS) is 14.4. The maximum absolute atomic E-state index is 9.43. The Hall–Kier alpha value is -0.910. The summed E-state index contributed by atoms with van der Waals surface area (Å²) in [5.41, 5.74) is 1.97. The molecule has 2 rings (SSSR count). The topological polar surface area (TPSA) is 46.0 Å². The zero-order valence-electron chi connectivity index (χ0n) is 10.4. The predicted molar refractivity (Wildman–Crippen MR) is 77.8 cm³/mol. The van der Waals surface area contributed by atoms with Gasteiger partial charge in [0, 0.05) is 22.6 Å². The summed E-state index contributed by atoms with van der Waals surface area (Å²) in [5.74, 6) is 0.829. The third kappa shape index (κ3) is 3.54. The van der Waals surface area contributed by atoms with E-state index in [1.807, 2.05) is 32.0 Å². The van der Waals surface area contributed by atoms with Gasteiger partial charge in [-0.15, -0.1) is 23.1 Å². The largest absolute Gasteiger partial charge is 0.392 e. The van der Waals surface area contributed by atoms with Gasteiger partial charge in [0.2, 0.25) is 0 Å². The molecule has 3 nitrogen and oxygen atoms in total. The van der Waals surface area contributed by atoms with E-state index in [0.717, 1.165) is 22.1 Å². The van der Waals surface area contributed by atoms with Crippen LogP contribution in [0.2, 0.25) is 0 Å². The first-order valence-corrected chi connectivity index (χ1v) is 7.75. The van der Waals surface area contributed by atoms with E-state index in [-0.39, 0.29) is 11.4 Å². The highest BCUT2D eigenvalue weighted by Gasteiger charge is 2.11. The van der Waals surface area contributed by atoms with Crippen LogP contribution in [0.15, 0.2) is 29.8 Å². The Morgan fingerprint density at radius 2 is 2.22 bits per heavy atom. The molecule has 0 aliphatic carbocycles. The molecule has 0 bridgehead atoms. The monoisotopic (exact) mass is 280 g/mol. The molecule has 0 unspecified atom stereocenters. The van der Waals surface area contributed by atoms with Gasteiger partial charge in [0.25, 0.3) is 0 Å². The summed E-state index contributed by atoms with van der Waals surface area (Å²) >= 11 is 3.33. The number of aromatic nitrogens is 2. The molecular formula is C13H16N2OS2. The number of hydrogen-bond acceptors (Lipinski definition) is 5. The number of hydrogen-bond donors (Lipinski definition) is 1. The lowest BCUT2D eigenvalue weighted by atomic mass is 10.3. The Labute approximate surface area is 115 Å². The molecule has 1 N–H and O–H groups in total. The molecule has 0 fully saturated rings. The average Bonchev–Trinajstić information content (AvgIpc) is 2.85. The Morgan fingerprint density at radius 1 is 1.39 bits per heavy atom. The highest BCUT2D eigenvalue weighted by molar-refractivity contribution is 7.99. The molecule has 0 spiro atoms. The fourth-order valence-electron chi connectivity index (χ4n) is 1.34. The van der Waals surface area contributed by atoms with E-state index in [9.17, 15) is 5.11 Å². The van der Waals surface area contributed by atoms with Crippen LogP contribution in [0.4, 0.5) is 0 Å². The first kappa shape index (κ1) is 13.5. The molecule has 5 heteroatoms. The number of aliphatic hydroxyl groups excluding tert-OH is 1. The molecule has 0 aliphatic rings. The maximum Gasteiger partial charge on any atom is 0.142 e. The van der Waals surface area contributed by atoms with Crippen molar-refractivity contribution in [3.05, 3.63) is 35.5 Å². The molecule has 0 radical (unpaired) electrons. The fourth-order valence-corrected chi connectivity index (χ4v) is 3.10. The van der Waals surface area contributed by atoms with E-state index < -0.39 is 0 Å². The van der Waals surface area contributed by atoms with E-state index in [0.29, 0.717) is 0 Å². The second-order valence-corrected chi connectivity index (χ2v) is 6.34. The Balaban J connectivity index is 1.99. The Kier molecular flexibility index (Phi) is 4.74. The van der Waals surface area contributed by atoms with Crippen molar-refractivity contribution < 1.29 is 5.11 Å². The van der Waals surface area contributed by atoms with E-state index in [4.69, 9.17) is 0 Å². The molecule has 0 aromatic carbocycles. The van der Waals surface area contributed by atoms with Crippen molar-refractivity contribution in [2.75, 3.05) is 0 Å². The lowest BCUT2D eigenvalue weighted by Crippen LogP contribution is -2.15. The smallest absolute Gasteiger partial charge is 0.142 e. The maximum atomic E-state index is 9.43. The van der Waals surface area contributed by atoms with Crippen molar-refractivity contribution in [1.82, 2.24) is 9.97 Å². The number of rotatable bonds is 5. The third-order valence-electron chi connectivity index (χ3n) is 2.61. The standard InChI is InChI=1S/C13H16N2OS2/c1-9(16)10(2)17-7-11-8-18-13(15-11)12-5-3-4-6-14-12/h3-6,8-10,16H,7H2,1-2H3/t9-,10+/m0/s1. The van der Waals surface area contributed by atoms with Gasteiger partial charge < -0.3 is 5.11 Å². The van der Waals surface area contributed by atoms with Crippen LogP contribution in [0.5, 0.6) is 0 Å². The van der Waals surface area contributed by atoms with Gasteiger partial charge in [0.15, 0.2) is 0 Å². The highest BCUT2D eigenvalue weighted by Crippen LogP contribution is 2.25. The minimum atomic E-state index is -0.288. The molecule has 2 aromatic heterocycles. The molecular weight excluding hydrogens is 264 g/mol. The average molecular weight is 280 g/mol. The van der Waals surface area contributed by atoms with Crippen molar-refractivity contribution in [2.45, 2.75) is 31.0 Å². The molecule has 0 aliphatic heterocycles. The Morgan fingerprint density at radius 3 is 2.89 bits per heavy atom. The van der Waals surface area contributed by atoms with Crippen LogP contribution < -0.4 is 0 Å². The van der Waals surface area contributed by atoms with E-state index in [1.165, 1.54) is 0 Å². The molecule has 18 heavy (non-hydrogen) atoms. The Bertz CT molecular complexity index is 485. The fraction of sp³-hybridized carbons (Fsp3) is 0.385. The number of pyridine rings is 1. The molecule has 2 aromatic rings. The van der Waals surface area contributed by atoms with Crippen LogP contribution in [-0.2, 0) is 5.75 Å². The minimum absolute atomic E-state index is 0.227. The van der Waals surface area contributed by atoms with Crippen LogP contribution in [0.3, 0.4) is 0 Å². The second-order valence-electron chi connectivity index (χ2n) is 4.12. The van der Waals surface area contributed by atoms with Crippen LogP contribution in [0.1, 0.15) is 19.5 Å². The lowest BCUT2D eigenvalue weighted by molar-refractivity contribution is 0.196. The number of thiazole rings is 1. The van der Waals surface area contributed by atoms with Crippen LogP contribution in [-0.4, -0.2) is 26.4 Å². The van der Waals surface area contributed by atoms with Crippen LogP contribution in [0, 0.1) is 0 Å². The van der Waals surface area contributed by atoms with E-state index in [1.54, 1.807) is 29.3 Å². The number of thioether (sulfide) groups is 1. The van der Waals surface area contributed by atoms with Gasteiger partial charge in [-0.1, -0.05) is 13.0 Å². The second kappa shape index (κ2) is 6.31. The van der Waals surface area contributed by atoms with Gasteiger partial charge in [0.05, 0.1) is 17.5 Å². The minimum Gasteiger partial charge on any atom is -0.392 e. The first-order chi connectivity index (χ1) is 8.66.